The molecule has 0 saturated carbocycles. The average Bonchev–Trinajstić information content (AvgIpc) is 1.39. The van der Waals surface area contributed by atoms with E-state index < -0.39 is 162 Å². The number of phenolic OH excluding ortho intramolecular Hbond substituents is 2. The highest BCUT2D eigenvalue weighted by Crippen LogP contribution is 2.17. The number of aromatic hydroxyl groups is 2. The summed E-state index contributed by atoms with van der Waals surface area (Å²) in [5, 5.41) is 64.5. The van der Waals surface area contributed by atoms with E-state index in [1.807, 2.05) is 6.92 Å². The fourth-order valence-electron chi connectivity index (χ4n) is 9.15. The average molecular weight is 1290 g/mol. The van der Waals surface area contributed by atoms with Crippen molar-refractivity contribution in [2.24, 2.45) is 29.4 Å². The Kier molecular flexibility index (Phi) is 31.4. The molecule has 2 aromatic carbocycles. The third-order valence-corrected chi connectivity index (χ3v) is 15.2. The van der Waals surface area contributed by atoms with E-state index >= 15 is 0 Å². The lowest BCUT2D eigenvalue weighted by Gasteiger charge is -2.29. The molecule has 0 aliphatic carbocycles. The van der Waals surface area contributed by atoms with E-state index in [0.717, 1.165) is 0 Å². The smallest absolute Gasteiger partial charge is 0.305 e. The number of rotatable bonds is 39. The van der Waals surface area contributed by atoms with Crippen LogP contribution in [0.2, 0.25) is 0 Å². The first-order valence-electron chi connectivity index (χ1n) is 30.4. The molecule has 92 heavy (non-hydrogen) atoms. The summed E-state index contributed by atoms with van der Waals surface area (Å²) >= 11 is 0. The zero-order valence-corrected chi connectivity index (χ0v) is 53.4. The van der Waals surface area contributed by atoms with Crippen LogP contribution in [0, 0.1) is 23.7 Å². The summed E-state index contributed by atoms with van der Waals surface area (Å²) in [5.41, 5.74) is 6.89. The van der Waals surface area contributed by atoms with Crippen molar-refractivity contribution in [3.63, 3.8) is 0 Å². The second kappa shape index (κ2) is 37.6. The molecule has 3 aromatic rings. The number of benzene rings is 2. The van der Waals surface area contributed by atoms with Crippen molar-refractivity contribution in [3.05, 3.63) is 77.9 Å². The van der Waals surface area contributed by atoms with Gasteiger partial charge in [-0.05, 0) is 85.8 Å². The van der Waals surface area contributed by atoms with Crippen LogP contribution in [0.3, 0.4) is 0 Å². The third-order valence-electron chi connectivity index (χ3n) is 15.2. The molecule has 0 fully saturated rings. The number of aromatic amines is 1. The van der Waals surface area contributed by atoms with Gasteiger partial charge in [-0.15, -0.1) is 0 Å². The maximum Gasteiger partial charge on any atom is 0.305 e. The van der Waals surface area contributed by atoms with Gasteiger partial charge < -0.3 is 84.3 Å². The van der Waals surface area contributed by atoms with E-state index in [4.69, 9.17) is 10.8 Å². The minimum Gasteiger partial charge on any atom is -0.508 e. The molecule has 1 aromatic heterocycles. The van der Waals surface area contributed by atoms with Crippen molar-refractivity contribution in [3.8, 4) is 11.5 Å². The van der Waals surface area contributed by atoms with Crippen LogP contribution >= 0.6 is 0 Å². The number of nitrogens with two attached hydrogens (primary N) is 1. The number of phenols is 2. The number of nitrogens with zero attached hydrogens (tertiary/aromatic N) is 1. The Bertz CT molecular complexity index is 3000. The largest absolute Gasteiger partial charge is 0.508 e. The zero-order chi connectivity index (χ0) is 69.1. The summed E-state index contributed by atoms with van der Waals surface area (Å²) < 4.78 is 0. The van der Waals surface area contributed by atoms with Crippen LogP contribution in [0.1, 0.15) is 125 Å². The Hall–Kier alpha value is -9.48. The highest BCUT2D eigenvalue weighted by Gasteiger charge is 2.38. The van der Waals surface area contributed by atoms with Gasteiger partial charge in [0.05, 0.1) is 30.5 Å². The summed E-state index contributed by atoms with van der Waals surface area (Å²) in [5.74, 6) is -13.8. The number of carbonyl (C=O) groups excluding carboxylic acids is 11. The van der Waals surface area contributed by atoms with Crippen LogP contribution in [0.5, 0.6) is 11.5 Å². The third kappa shape index (κ3) is 25.8. The van der Waals surface area contributed by atoms with Crippen LogP contribution in [0.25, 0.3) is 0 Å². The molecule has 30 heteroatoms. The first-order valence-corrected chi connectivity index (χ1v) is 30.4. The maximum atomic E-state index is 14.6. The minimum absolute atomic E-state index is 0.0792. The Morgan fingerprint density at radius 1 is 0.500 bits per heavy atom. The van der Waals surface area contributed by atoms with Gasteiger partial charge in [0.1, 0.15) is 65.9 Å². The van der Waals surface area contributed by atoms with E-state index in [0.29, 0.717) is 24.0 Å². The van der Waals surface area contributed by atoms with Crippen LogP contribution < -0.4 is 58.9 Å². The van der Waals surface area contributed by atoms with Gasteiger partial charge in [0, 0.05) is 31.9 Å². The number of hydrogen-bond donors (Lipinski definition) is 16. The Balaban J connectivity index is 1.94. The highest BCUT2D eigenvalue weighted by molar-refractivity contribution is 5.99. The van der Waals surface area contributed by atoms with Gasteiger partial charge in [-0.3, -0.25) is 62.3 Å². The van der Waals surface area contributed by atoms with Crippen LogP contribution in [-0.4, -0.2) is 174 Å². The second-order valence-electron chi connectivity index (χ2n) is 23.6. The lowest BCUT2D eigenvalue weighted by molar-refractivity contribution is -0.142. The second-order valence-corrected chi connectivity index (χ2v) is 23.6. The monoisotopic (exact) mass is 1290 g/mol. The molecule has 30 nitrogen and oxygen atoms in total. The van der Waals surface area contributed by atoms with Crippen LogP contribution in [-0.2, 0) is 81.6 Å². The standard InChI is InChI=1S/C62H90N13O17/c1-11-33(7)48(29-76)73-62(92)52(34(8)12-2)75-60(90)47(27-50(81)82)71-57(87)43(23-31(3)4)69-59(89)46(26-39-28-64-30-65-39)68-53(83)35(9)67-56(86)44(24-37-13-17-40(77)18-14-37)70-58(88)45(25-38-15-19-41(78)20-16-38)72-61(91)51(32(5)6)74-54(84)36(10)66-55(85)42(63)21-22-49(79)80/h13-20,28,30-36,42-48,51-52,77-78H,11-12,21-27,63H2,1-10H3,(H,64,65)(H,66,85)(H,67,86)(H,68,83)(H,69,89)(H,70,88)(H,71,87)(H,72,91)(H,73,92)(H,74,84)(H,75,90)(H,79,80)(H,81,82)/t33-,34-,35-,36-,42-,43-,44-,45-,46-,47-,48+,51-,52-/m0/s1. The van der Waals surface area contributed by atoms with Gasteiger partial charge in [0.15, 0.2) is 0 Å². The van der Waals surface area contributed by atoms with Crippen LogP contribution in [0.15, 0.2) is 61.1 Å². The van der Waals surface area contributed by atoms with Gasteiger partial charge in [0.2, 0.25) is 65.4 Å². The van der Waals surface area contributed by atoms with Gasteiger partial charge in [-0.1, -0.05) is 92.5 Å². The lowest BCUT2D eigenvalue weighted by atomic mass is 9.95. The SMILES string of the molecule is CC[C@H](C)[C@H](NC(=O)[C@H](CC(=O)O)NC(=O)[C@H](CC(C)C)NC(=O)[C@H](Cc1c[nH]cn1)NC(=O)[C@H](C)NC(=O)[C@H](Cc1ccc(O)cc1)NC(=O)[C@H](Cc1ccc(O)cc1)NC(=O)[C@@H](NC(=O)[C@H](C)NC(=O)[C@@H](N)CCC(=O)O)C(C)C)C(=O)N[C@H]([C]=O)[C@@H](C)CC. The van der Waals surface area contributed by atoms with E-state index in [9.17, 15) is 77.6 Å². The maximum absolute atomic E-state index is 14.6. The van der Waals surface area contributed by atoms with Crippen LogP contribution in [0.4, 0.5) is 0 Å². The molecule has 0 spiro atoms. The quantitative estimate of drug-likeness (QED) is 0.0336. The van der Waals surface area contributed by atoms with E-state index in [1.54, 1.807) is 54.8 Å². The van der Waals surface area contributed by atoms with Crippen molar-refractivity contribution in [1.82, 2.24) is 63.1 Å². The van der Waals surface area contributed by atoms with E-state index in [-0.39, 0.29) is 61.1 Å². The molecule has 1 radical (unpaired) electrons. The first kappa shape index (κ1) is 76.8. The zero-order valence-electron chi connectivity index (χ0n) is 53.4. The molecule has 0 aliphatic heterocycles. The summed E-state index contributed by atoms with van der Waals surface area (Å²) in [6.45, 7) is 16.1. The molecule has 3 rings (SSSR count). The number of hydrogen-bond acceptors (Lipinski definition) is 17. The van der Waals surface area contributed by atoms with Gasteiger partial charge >= 0.3 is 11.9 Å². The van der Waals surface area contributed by atoms with Gasteiger partial charge in [-0.25, -0.2) is 4.98 Å². The molecular formula is C62H90N13O17. The fourth-order valence-corrected chi connectivity index (χ4v) is 9.15. The molecule has 0 bridgehead atoms. The predicted octanol–water partition coefficient (Wildman–Crippen LogP) is -0.693. The first-order chi connectivity index (χ1) is 43.3. The fraction of sp³-hybridized carbons (Fsp3) is 0.548. The van der Waals surface area contributed by atoms with Gasteiger partial charge in [-0.2, -0.15) is 0 Å². The predicted molar refractivity (Wildman–Crippen MR) is 333 cm³/mol. The van der Waals surface area contributed by atoms with Crippen molar-refractivity contribution in [2.45, 2.75) is 193 Å². The number of carbonyl (C=O) groups is 12. The molecular weight excluding hydrogens is 1200 g/mol. The number of H-pyrrole nitrogens is 1. The molecule has 505 valence electrons. The topological polar surface area (TPSA) is 478 Å². The molecule has 0 saturated heterocycles. The summed E-state index contributed by atoms with van der Waals surface area (Å²) in [4.78, 5) is 181. The summed E-state index contributed by atoms with van der Waals surface area (Å²) in [7, 11) is 0. The molecule has 13 atom stereocenters. The van der Waals surface area contributed by atoms with Crippen molar-refractivity contribution in [1.29, 1.82) is 0 Å². The summed E-state index contributed by atoms with van der Waals surface area (Å²) in [6.07, 6.45) is 2.94. The molecule has 10 amide bonds. The van der Waals surface area contributed by atoms with Crippen molar-refractivity contribution < 1.29 is 82.8 Å². The van der Waals surface area contributed by atoms with Gasteiger partial charge in [0.25, 0.3) is 0 Å². The number of amides is 10. The minimum atomic E-state index is -1.79. The Labute approximate surface area is 533 Å². The molecule has 0 unspecified atom stereocenters. The molecule has 17 N–H and O–H groups in total. The highest BCUT2D eigenvalue weighted by atomic mass is 16.4. The Morgan fingerprint density at radius 2 is 0.924 bits per heavy atom. The molecule has 1 heterocycles. The number of aliphatic carboxylic acids is 2. The number of aromatic nitrogens is 2. The van der Waals surface area contributed by atoms with E-state index in [1.165, 1.54) is 74.9 Å². The Morgan fingerprint density at radius 3 is 1.39 bits per heavy atom. The number of imidazole rings is 1. The van der Waals surface area contributed by atoms with Crippen molar-refractivity contribution >= 4 is 77.3 Å². The number of carboxylic acids is 2. The lowest BCUT2D eigenvalue weighted by Crippen LogP contribution is -2.61. The number of carboxylic acid groups (broad SMARTS) is 2. The molecule has 0 aliphatic rings. The summed E-state index contributed by atoms with van der Waals surface area (Å²) in [6, 6.07) is -4.27. The number of nitrogens with one attached hydrogen (secondary N) is 11. The van der Waals surface area contributed by atoms with Crippen molar-refractivity contribution in [2.75, 3.05) is 0 Å². The van der Waals surface area contributed by atoms with E-state index in [2.05, 4.69) is 63.1 Å². The normalized spacial score (nSPS) is 15.4.